The molecule has 0 aliphatic heterocycles. The zero-order valence-corrected chi connectivity index (χ0v) is 16.4. The molecule has 3 nitrogen and oxygen atoms in total. The molecule has 0 aromatic rings. The summed E-state index contributed by atoms with van der Waals surface area (Å²) >= 11 is 0. The first kappa shape index (κ1) is 18.3. The van der Waals surface area contributed by atoms with Crippen molar-refractivity contribution >= 4 is 0 Å². The van der Waals surface area contributed by atoms with Gasteiger partial charge in [0.2, 0.25) is 0 Å². The van der Waals surface area contributed by atoms with Crippen molar-refractivity contribution in [2.75, 3.05) is 19.7 Å². The summed E-state index contributed by atoms with van der Waals surface area (Å²) in [6.07, 6.45) is 13.3. The van der Waals surface area contributed by atoms with Crippen molar-refractivity contribution in [2.24, 2.45) is 34.5 Å². The Balaban J connectivity index is 1.55. The van der Waals surface area contributed by atoms with Gasteiger partial charge in [-0.2, -0.15) is 0 Å². The minimum absolute atomic E-state index is 0.0640. The van der Waals surface area contributed by atoms with E-state index in [0.29, 0.717) is 24.4 Å². The fourth-order valence-electron chi connectivity index (χ4n) is 8.07. The molecule has 4 fully saturated rings. The Morgan fingerprint density at radius 1 is 0.920 bits per heavy atom. The highest BCUT2D eigenvalue weighted by atomic mass is 16.3. The predicted molar refractivity (Wildman–Crippen MR) is 101 cm³/mol. The molecule has 0 amide bonds. The second-order valence-corrected chi connectivity index (χ2v) is 10.3. The van der Waals surface area contributed by atoms with Crippen LogP contribution >= 0.6 is 0 Å². The number of fused-ring (bicyclic) bond motifs is 5. The molecule has 0 aromatic carbocycles. The van der Waals surface area contributed by atoms with Gasteiger partial charge in [0.05, 0.1) is 12.2 Å². The highest BCUT2D eigenvalue weighted by molar-refractivity contribution is 5.14. The number of hydrogen-bond acceptors (Lipinski definition) is 3. The Bertz CT molecular complexity index is 496. The van der Waals surface area contributed by atoms with E-state index in [-0.39, 0.29) is 12.0 Å². The molecule has 4 aliphatic rings. The Morgan fingerprint density at radius 3 is 2.52 bits per heavy atom. The molecule has 3 N–H and O–H groups in total. The lowest BCUT2D eigenvalue weighted by atomic mass is 9.44. The van der Waals surface area contributed by atoms with Gasteiger partial charge in [-0.3, -0.25) is 0 Å². The molecule has 0 saturated heterocycles. The van der Waals surface area contributed by atoms with Crippen LogP contribution in [0, 0.1) is 34.5 Å². The summed E-state index contributed by atoms with van der Waals surface area (Å²) in [6, 6.07) is 0. The first-order chi connectivity index (χ1) is 11.9. The van der Waals surface area contributed by atoms with Crippen LogP contribution in [0.4, 0.5) is 0 Å². The largest absolute Gasteiger partial charge is 0.395 e. The van der Waals surface area contributed by atoms with Crippen molar-refractivity contribution < 1.29 is 10.2 Å². The Hall–Kier alpha value is -0.120. The summed E-state index contributed by atoms with van der Waals surface area (Å²) in [6.45, 7) is 6.41. The van der Waals surface area contributed by atoms with E-state index in [1.807, 2.05) is 0 Å². The van der Waals surface area contributed by atoms with E-state index in [1.54, 1.807) is 0 Å². The van der Waals surface area contributed by atoms with Gasteiger partial charge >= 0.3 is 0 Å². The minimum atomic E-state index is -0.581. The van der Waals surface area contributed by atoms with Gasteiger partial charge in [-0.1, -0.05) is 26.7 Å². The smallest absolute Gasteiger partial charge is 0.0827 e. The summed E-state index contributed by atoms with van der Waals surface area (Å²) in [5.74, 6) is 3.41. The van der Waals surface area contributed by atoms with E-state index in [0.717, 1.165) is 24.2 Å². The van der Waals surface area contributed by atoms with Crippen LogP contribution < -0.4 is 5.32 Å². The number of nitrogens with one attached hydrogen (secondary N) is 1. The Kier molecular flexibility index (Phi) is 4.74. The quantitative estimate of drug-likeness (QED) is 0.678. The zero-order chi connectivity index (χ0) is 17.7. The van der Waals surface area contributed by atoms with Crippen LogP contribution in [0.2, 0.25) is 0 Å². The molecule has 7 atom stereocenters. The van der Waals surface area contributed by atoms with Crippen LogP contribution in [0.1, 0.15) is 78.1 Å². The standard InChI is InChI=1S/C22H39NO2/c1-20-10-4-3-5-16(20)6-7-17-18(20)8-11-21(2)19(17)9-12-22(21,25)15-23-13-14-24/h16-19,23-25H,3-15H2,1-2H3/t16-,17-,18-,19+,20+,21-,22-/m0/s1. The highest BCUT2D eigenvalue weighted by Crippen LogP contribution is 2.68. The topological polar surface area (TPSA) is 52.5 Å². The maximum atomic E-state index is 11.5. The molecule has 4 saturated carbocycles. The second kappa shape index (κ2) is 6.49. The number of rotatable bonds is 4. The van der Waals surface area contributed by atoms with Crippen molar-refractivity contribution in [3.63, 3.8) is 0 Å². The molecule has 0 unspecified atom stereocenters. The van der Waals surface area contributed by atoms with Gasteiger partial charge in [0, 0.05) is 18.5 Å². The summed E-state index contributed by atoms with van der Waals surface area (Å²) in [4.78, 5) is 0. The summed E-state index contributed by atoms with van der Waals surface area (Å²) in [7, 11) is 0. The van der Waals surface area contributed by atoms with Crippen molar-refractivity contribution in [1.82, 2.24) is 5.32 Å². The molecule has 0 spiro atoms. The summed E-state index contributed by atoms with van der Waals surface area (Å²) < 4.78 is 0. The molecule has 3 heteroatoms. The van der Waals surface area contributed by atoms with E-state index in [1.165, 1.54) is 57.8 Å². The third-order valence-corrected chi connectivity index (χ3v) is 9.61. The average molecular weight is 350 g/mol. The first-order valence-electron chi connectivity index (χ1n) is 11.0. The van der Waals surface area contributed by atoms with Crippen LogP contribution in [0.15, 0.2) is 0 Å². The molecule has 4 aliphatic carbocycles. The van der Waals surface area contributed by atoms with Gasteiger partial charge in [-0.15, -0.1) is 0 Å². The lowest BCUT2D eigenvalue weighted by Crippen LogP contribution is -2.58. The second-order valence-electron chi connectivity index (χ2n) is 10.3. The maximum absolute atomic E-state index is 11.5. The van der Waals surface area contributed by atoms with Gasteiger partial charge < -0.3 is 15.5 Å². The third kappa shape index (κ3) is 2.63. The van der Waals surface area contributed by atoms with Crippen LogP contribution in [0.5, 0.6) is 0 Å². The molecule has 4 rings (SSSR count). The average Bonchev–Trinajstić information content (AvgIpc) is 2.86. The normalized spacial score (nSPS) is 52.3. The SMILES string of the molecule is C[C@@]12CCCC[C@H]1CC[C@@H]1[C@H]3CC[C@](O)(CNCCO)[C@@]3(C)CC[C@@H]12. The van der Waals surface area contributed by atoms with E-state index < -0.39 is 5.60 Å². The molecule has 0 bridgehead atoms. The Morgan fingerprint density at radius 2 is 1.72 bits per heavy atom. The van der Waals surface area contributed by atoms with Crippen LogP contribution in [0.25, 0.3) is 0 Å². The molecule has 0 heterocycles. The fraction of sp³-hybridized carbons (Fsp3) is 1.00. The number of hydrogen-bond donors (Lipinski definition) is 3. The maximum Gasteiger partial charge on any atom is 0.0827 e. The molecule has 25 heavy (non-hydrogen) atoms. The summed E-state index contributed by atoms with van der Waals surface area (Å²) in [5, 5.41) is 23.9. The van der Waals surface area contributed by atoms with E-state index >= 15 is 0 Å². The van der Waals surface area contributed by atoms with E-state index in [9.17, 15) is 5.11 Å². The molecule has 0 aromatic heterocycles. The summed E-state index contributed by atoms with van der Waals surface area (Å²) in [5.41, 5.74) is 0.0644. The van der Waals surface area contributed by atoms with Gasteiger partial charge in [0.15, 0.2) is 0 Å². The molecule has 0 radical (unpaired) electrons. The Labute approximate surface area is 154 Å². The number of aliphatic hydroxyl groups excluding tert-OH is 1. The van der Waals surface area contributed by atoms with Crippen molar-refractivity contribution in [1.29, 1.82) is 0 Å². The fourth-order valence-corrected chi connectivity index (χ4v) is 8.07. The van der Waals surface area contributed by atoms with E-state index in [4.69, 9.17) is 5.11 Å². The van der Waals surface area contributed by atoms with Gasteiger partial charge in [0.1, 0.15) is 0 Å². The predicted octanol–water partition coefficient (Wildman–Crippen LogP) is 3.73. The van der Waals surface area contributed by atoms with Crippen LogP contribution in [-0.4, -0.2) is 35.5 Å². The minimum Gasteiger partial charge on any atom is -0.395 e. The van der Waals surface area contributed by atoms with Crippen LogP contribution in [-0.2, 0) is 0 Å². The van der Waals surface area contributed by atoms with Crippen molar-refractivity contribution in [3.8, 4) is 0 Å². The lowest BCUT2D eigenvalue weighted by Gasteiger charge is -2.61. The highest BCUT2D eigenvalue weighted by Gasteiger charge is 2.64. The molecular formula is C22H39NO2. The van der Waals surface area contributed by atoms with Gasteiger partial charge in [0.25, 0.3) is 0 Å². The zero-order valence-electron chi connectivity index (χ0n) is 16.4. The number of aliphatic hydroxyl groups is 2. The van der Waals surface area contributed by atoms with Gasteiger partial charge in [-0.05, 0) is 80.5 Å². The van der Waals surface area contributed by atoms with E-state index in [2.05, 4.69) is 19.2 Å². The van der Waals surface area contributed by atoms with Crippen molar-refractivity contribution in [3.05, 3.63) is 0 Å². The molecular weight excluding hydrogens is 310 g/mol. The van der Waals surface area contributed by atoms with Crippen molar-refractivity contribution in [2.45, 2.75) is 83.7 Å². The lowest BCUT2D eigenvalue weighted by molar-refractivity contribution is -0.150. The molecule has 144 valence electrons. The van der Waals surface area contributed by atoms with Crippen LogP contribution in [0.3, 0.4) is 0 Å². The first-order valence-corrected chi connectivity index (χ1v) is 11.0. The third-order valence-electron chi connectivity index (χ3n) is 9.61. The van der Waals surface area contributed by atoms with Gasteiger partial charge in [-0.25, -0.2) is 0 Å². The monoisotopic (exact) mass is 349 g/mol.